The molecular formula is C16H24ClNO. The molecule has 3 heteroatoms. The molecule has 1 atom stereocenters. The van der Waals surface area contributed by atoms with Crippen molar-refractivity contribution in [3.05, 3.63) is 23.2 Å². The first-order chi connectivity index (χ1) is 9.06. The van der Waals surface area contributed by atoms with Crippen LogP contribution in [0, 0.1) is 5.92 Å². The lowest BCUT2D eigenvalue weighted by Crippen LogP contribution is -2.23. The minimum atomic E-state index is 0.147. The van der Waals surface area contributed by atoms with Crippen molar-refractivity contribution in [2.45, 2.75) is 58.6 Å². The quantitative estimate of drug-likeness (QED) is 0.809. The summed E-state index contributed by atoms with van der Waals surface area (Å²) < 4.78 is 5.65. The highest BCUT2D eigenvalue weighted by Crippen LogP contribution is 2.32. The van der Waals surface area contributed by atoms with Crippen molar-refractivity contribution in [2.75, 3.05) is 5.32 Å². The van der Waals surface area contributed by atoms with E-state index in [2.05, 4.69) is 18.3 Å². The van der Waals surface area contributed by atoms with Gasteiger partial charge in [-0.05, 0) is 57.7 Å². The minimum absolute atomic E-state index is 0.147. The number of halogens is 1. The van der Waals surface area contributed by atoms with Gasteiger partial charge in [0, 0.05) is 11.7 Å². The average Bonchev–Trinajstić information content (AvgIpc) is 2.86. The van der Waals surface area contributed by atoms with Gasteiger partial charge in [-0.15, -0.1) is 0 Å². The number of rotatable bonds is 5. The third kappa shape index (κ3) is 4.04. The van der Waals surface area contributed by atoms with Crippen molar-refractivity contribution < 1.29 is 4.74 Å². The molecule has 1 aliphatic rings. The lowest BCUT2D eigenvalue weighted by Gasteiger charge is -2.22. The van der Waals surface area contributed by atoms with E-state index in [4.69, 9.17) is 16.3 Å². The van der Waals surface area contributed by atoms with Gasteiger partial charge in [0.2, 0.25) is 0 Å². The van der Waals surface area contributed by atoms with Crippen LogP contribution in [-0.4, -0.2) is 12.1 Å². The van der Waals surface area contributed by atoms with E-state index in [1.165, 1.54) is 25.7 Å². The summed E-state index contributed by atoms with van der Waals surface area (Å²) in [5.74, 6) is 1.56. The van der Waals surface area contributed by atoms with Crippen LogP contribution in [0.25, 0.3) is 0 Å². The standard InChI is InChI=1S/C16H24ClNO/c1-11(2)19-16-9-8-14(10-15(16)17)18-12(3)13-6-4-5-7-13/h8-13,18H,4-7H2,1-3H3. The molecule has 0 saturated heterocycles. The second kappa shape index (κ2) is 6.51. The minimum Gasteiger partial charge on any atom is -0.489 e. The fraction of sp³-hybridized carbons (Fsp3) is 0.625. The van der Waals surface area contributed by atoms with Crippen LogP contribution < -0.4 is 10.1 Å². The van der Waals surface area contributed by atoms with Crippen molar-refractivity contribution in [3.8, 4) is 5.75 Å². The molecule has 1 N–H and O–H groups in total. The number of anilines is 1. The first-order valence-corrected chi connectivity index (χ1v) is 7.67. The third-order valence-corrected chi connectivity index (χ3v) is 4.09. The predicted molar refractivity (Wildman–Crippen MR) is 82.3 cm³/mol. The highest BCUT2D eigenvalue weighted by molar-refractivity contribution is 6.32. The molecule has 0 heterocycles. The Morgan fingerprint density at radius 3 is 2.47 bits per heavy atom. The Bertz CT molecular complexity index is 413. The van der Waals surface area contributed by atoms with Gasteiger partial charge in [0.15, 0.2) is 0 Å². The lowest BCUT2D eigenvalue weighted by molar-refractivity contribution is 0.242. The number of hydrogen-bond donors (Lipinski definition) is 1. The van der Waals surface area contributed by atoms with Crippen LogP contribution >= 0.6 is 11.6 Å². The van der Waals surface area contributed by atoms with E-state index in [-0.39, 0.29) is 6.10 Å². The van der Waals surface area contributed by atoms with Gasteiger partial charge in [-0.1, -0.05) is 24.4 Å². The highest BCUT2D eigenvalue weighted by atomic mass is 35.5. The fourth-order valence-electron chi connectivity index (χ4n) is 2.78. The summed E-state index contributed by atoms with van der Waals surface area (Å²) in [5.41, 5.74) is 1.08. The van der Waals surface area contributed by atoms with E-state index in [0.717, 1.165) is 17.4 Å². The Morgan fingerprint density at radius 1 is 1.21 bits per heavy atom. The van der Waals surface area contributed by atoms with Crippen molar-refractivity contribution >= 4 is 17.3 Å². The second-order valence-electron chi connectivity index (χ2n) is 5.79. The van der Waals surface area contributed by atoms with E-state index in [9.17, 15) is 0 Å². The lowest BCUT2D eigenvalue weighted by atomic mass is 9.99. The molecule has 1 aliphatic carbocycles. The van der Waals surface area contributed by atoms with Gasteiger partial charge in [-0.2, -0.15) is 0 Å². The van der Waals surface area contributed by atoms with E-state index < -0.39 is 0 Å². The maximum absolute atomic E-state index is 6.25. The van der Waals surface area contributed by atoms with Gasteiger partial charge in [0.1, 0.15) is 5.75 Å². The zero-order valence-electron chi connectivity index (χ0n) is 12.1. The molecular weight excluding hydrogens is 258 g/mol. The normalized spacial score (nSPS) is 17.7. The largest absolute Gasteiger partial charge is 0.489 e. The van der Waals surface area contributed by atoms with Gasteiger partial charge in [0.05, 0.1) is 11.1 Å². The fourth-order valence-corrected chi connectivity index (χ4v) is 3.00. The van der Waals surface area contributed by atoms with Crippen LogP contribution in [0.4, 0.5) is 5.69 Å². The Hall–Kier alpha value is -0.890. The zero-order valence-corrected chi connectivity index (χ0v) is 12.8. The molecule has 106 valence electrons. The second-order valence-corrected chi connectivity index (χ2v) is 6.20. The predicted octanol–water partition coefficient (Wildman–Crippen LogP) is 5.12. The Balaban J connectivity index is 1.99. The summed E-state index contributed by atoms with van der Waals surface area (Å²) in [4.78, 5) is 0. The van der Waals surface area contributed by atoms with Gasteiger partial charge in [0.25, 0.3) is 0 Å². The van der Waals surface area contributed by atoms with E-state index in [1.807, 2.05) is 26.0 Å². The SMILES string of the molecule is CC(C)Oc1ccc(NC(C)C2CCCC2)cc1Cl. The molecule has 0 aromatic heterocycles. The van der Waals surface area contributed by atoms with Crippen molar-refractivity contribution in [3.63, 3.8) is 0 Å². The van der Waals surface area contributed by atoms with Crippen molar-refractivity contribution in [1.82, 2.24) is 0 Å². The topological polar surface area (TPSA) is 21.3 Å². The zero-order chi connectivity index (χ0) is 13.8. The summed E-state index contributed by atoms with van der Waals surface area (Å²) in [5, 5.41) is 4.24. The summed E-state index contributed by atoms with van der Waals surface area (Å²) in [6.45, 7) is 6.28. The molecule has 2 rings (SSSR count). The first-order valence-electron chi connectivity index (χ1n) is 7.29. The van der Waals surface area contributed by atoms with Crippen molar-refractivity contribution in [2.24, 2.45) is 5.92 Å². The van der Waals surface area contributed by atoms with Crippen LogP contribution in [0.3, 0.4) is 0 Å². The van der Waals surface area contributed by atoms with Crippen LogP contribution in [0.5, 0.6) is 5.75 Å². The van der Waals surface area contributed by atoms with Crippen LogP contribution in [0.2, 0.25) is 5.02 Å². The van der Waals surface area contributed by atoms with E-state index >= 15 is 0 Å². The molecule has 1 saturated carbocycles. The summed E-state index contributed by atoms with van der Waals surface area (Å²) in [7, 11) is 0. The Morgan fingerprint density at radius 2 is 1.89 bits per heavy atom. The molecule has 0 spiro atoms. The van der Waals surface area contributed by atoms with Crippen LogP contribution in [0.15, 0.2) is 18.2 Å². The molecule has 1 aromatic rings. The highest BCUT2D eigenvalue weighted by Gasteiger charge is 2.21. The molecule has 0 amide bonds. The van der Waals surface area contributed by atoms with Gasteiger partial charge in [-0.25, -0.2) is 0 Å². The van der Waals surface area contributed by atoms with Gasteiger partial charge >= 0.3 is 0 Å². The molecule has 1 aromatic carbocycles. The summed E-state index contributed by atoms with van der Waals surface area (Å²) in [6.07, 6.45) is 5.58. The third-order valence-electron chi connectivity index (χ3n) is 3.80. The maximum Gasteiger partial charge on any atom is 0.138 e. The first kappa shape index (κ1) is 14.5. The van der Waals surface area contributed by atoms with E-state index in [0.29, 0.717) is 11.1 Å². The molecule has 0 radical (unpaired) electrons. The van der Waals surface area contributed by atoms with Crippen molar-refractivity contribution in [1.29, 1.82) is 0 Å². The monoisotopic (exact) mass is 281 g/mol. The van der Waals surface area contributed by atoms with E-state index in [1.54, 1.807) is 0 Å². The van der Waals surface area contributed by atoms with Gasteiger partial charge in [-0.3, -0.25) is 0 Å². The summed E-state index contributed by atoms with van der Waals surface area (Å²) >= 11 is 6.25. The average molecular weight is 282 g/mol. The molecule has 1 unspecified atom stereocenters. The number of ether oxygens (including phenoxy) is 1. The molecule has 2 nitrogen and oxygen atoms in total. The van der Waals surface area contributed by atoms with Crippen LogP contribution in [-0.2, 0) is 0 Å². The number of nitrogens with one attached hydrogen (secondary N) is 1. The number of hydrogen-bond acceptors (Lipinski definition) is 2. The molecule has 0 bridgehead atoms. The summed E-state index contributed by atoms with van der Waals surface area (Å²) in [6, 6.07) is 6.47. The van der Waals surface area contributed by atoms with Gasteiger partial charge < -0.3 is 10.1 Å². The molecule has 1 fully saturated rings. The number of benzene rings is 1. The molecule has 19 heavy (non-hydrogen) atoms. The smallest absolute Gasteiger partial charge is 0.138 e. The maximum atomic E-state index is 6.25. The van der Waals surface area contributed by atoms with Crippen LogP contribution in [0.1, 0.15) is 46.5 Å². The Labute approximate surface area is 121 Å². The molecule has 0 aliphatic heterocycles. The Kier molecular flexibility index (Phi) is 4.98.